The average molecular weight is 419 g/mol. The SMILES string of the molecule is Cc1cc(N2CCC([N+](C)(C)CCCCC[N+](C)(C)C)C2)ccc1N.[Cl-].[Cl-]. The first-order chi connectivity index (χ1) is 11.6. The van der Waals surface area contributed by atoms with Gasteiger partial charge in [-0.25, -0.2) is 0 Å². The van der Waals surface area contributed by atoms with Crippen LogP contribution in [0.1, 0.15) is 31.2 Å². The fourth-order valence-corrected chi connectivity index (χ4v) is 3.87. The van der Waals surface area contributed by atoms with Crippen molar-refractivity contribution in [3.63, 3.8) is 0 Å². The van der Waals surface area contributed by atoms with Crippen LogP contribution in [0.3, 0.4) is 0 Å². The Balaban J connectivity index is 0.00000338. The molecule has 0 saturated carbocycles. The van der Waals surface area contributed by atoms with Gasteiger partial charge in [0, 0.05) is 24.3 Å². The van der Waals surface area contributed by atoms with Gasteiger partial charge in [-0.05, 0) is 49.9 Å². The lowest BCUT2D eigenvalue weighted by molar-refractivity contribution is -0.912. The second kappa shape index (κ2) is 10.8. The fraction of sp³-hybridized carbons (Fsp3) is 0.714. The molecule has 1 aromatic carbocycles. The molecule has 1 saturated heterocycles. The number of benzene rings is 1. The molecule has 0 spiro atoms. The van der Waals surface area contributed by atoms with Crippen LogP contribution >= 0.6 is 0 Å². The van der Waals surface area contributed by atoms with Crippen LogP contribution in [0.15, 0.2) is 18.2 Å². The first-order valence-electron chi connectivity index (χ1n) is 9.83. The molecule has 0 amide bonds. The molecule has 1 atom stereocenters. The summed E-state index contributed by atoms with van der Waals surface area (Å²) < 4.78 is 2.23. The molecule has 158 valence electrons. The third kappa shape index (κ3) is 8.06. The third-order valence-electron chi connectivity index (χ3n) is 5.83. The highest BCUT2D eigenvalue weighted by molar-refractivity contribution is 5.58. The predicted octanol–water partition coefficient (Wildman–Crippen LogP) is -2.88. The minimum Gasteiger partial charge on any atom is -1.00 e. The summed E-state index contributed by atoms with van der Waals surface area (Å²) >= 11 is 0. The standard InChI is InChI=1S/C21H40N4.2ClH/c1-18-16-19(10-11-21(18)22)23-13-12-20(17-23)25(5,6)15-9-7-8-14-24(2,3)4;;/h10-11,16,20H,7-9,12-15,17,22H2,1-6H3;2*1H/q+2;;/p-2. The molecular weight excluding hydrogens is 379 g/mol. The maximum Gasteiger partial charge on any atom is 0.108 e. The number of anilines is 2. The van der Waals surface area contributed by atoms with Crippen molar-refractivity contribution in [2.45, 2.75) is 38.6 Å². The second-order valence-electron chi connectivity index (χ2n) is 9.51. The summed E-state index contributed by atoms with van der Waals surface area (Å²) in [5.41, 5.74) is 9.38. The van der Waals surface area contributed by atoms with E-state index in [-0.39, 0.29) is 24.8 Å². The number of hydrogen-bond donors (Lipinski definition) is 1. The van der Waals surface area contributed by atoms with Gasteiger partial charge in [0.05, 0.1) is 54.9 Å². The van der Waals surface area contributed by atoms with Gasteiger partial charge in [0.2, 0.25) is 0 Å². The monoisotopic (exact) mass is 418 g/mol. The molecule has 2 N–H and O–H groups in total. The number of quaternary nitrogens is 2. The topological polar surface area (TPSA) is 29.3 Å². The van der Waals surface area contributed by atoms with E-state index in [0.29, 0.717) is 0 Å². The Morgan fingerprint density at radius 2 is 1.63 bits per heavy atom. The summed E-state index contributed by atoms with van der Waals surface area (Å²) in [4.78, 5) is 2.54. The van der Waals surface area contributed by atoms with E-state index >= 15 is 0 Å². The molecule has 2 rings (SSSR count). The predicted molar refractivity (Wildman–Crippen MR) is 110 cm³/mol. The molecular formula is C21H40Cl2N4. The molecule has 27 heavy (non-hydrogen) atoms. The lowest BCUT2D eigenvalue weighted by atomic mass is 10.1. The summed E-state index contributed by atoms with van der Waals surface area (Å²) in [6, 6.07) is 7.19. The highest BCUT2D eigenvalue weighted by atomic mass is 35.5. The number of aryl methyl sites for hydroxylation is 1. The number of hydrogen-bond acceptors (Lipinski definition) is 2. The summed E-state index contributed by atoms with van der Waals surface area (Å²) in [6.45, 7) is 6.99. The number of nitrogens with zero attached hydrogens (tertiary/aromatic N) is 3. The number of halogens is 2. The highest BCUT2D eigenvalue weighted by Gasteiger charge is 2.34. The molecule has 6 heteroatoms. The zero-order chi connectivity index (χ0) is 18.7. The number of rotatable bonds is 8. The maximum atomic E-state index is 5.97. The first-order valence-corrected chi connectivity index (χ1v) is 9.83. The second-order valence-corrected chi connectivity index (χ2v) is 9.51. The largest absolute Gasteiger partial charge is 1.00 e. The van der Waals surface area contributed by atoms with E-state index in [1.807, 2.05) is 6.07 Å². The molecule has 1 aliphatic rings. The van der Waals surface area contributed by atoms with Gasteiger partial charge >= 0.3 is 0 Å². The van der Waals surface area contributed by atoms with Crippen LogP contribution in [-0.2, 0) is 0 Å². The maximum absolute atomic E-state index is 5.97. The Labute approximate surface area is 179 Å². The molecule has 1 heterocycles. The lowest BCUT2D eigenvalue weighted by Gasteiger charge is -2.36. The van der Waals surface area contributed by atoms with E-state index < -0.39 is 0 Å². The van der Waals surface area contributed by atoms with Crippen LogP contribution in [0.5, 0.6) is 0 Å². The van der Waals surface area contributed by atoms with Crippen LogP contribution in [0, 0.1) is 6.92 Å². The molecule has 1 unspecified atom stereocenters. The van der Waals surface area contributed by atoms with Crippen molar-refractivity contribution >= 4 is 11.4 Å². The Morgan fingerprint density at radius 3 is 2.22 bits per heavy atom. The van der Waals surface area contributed by atoms with Crippen LogP contribution in [0.2, 0.25) is 0 Å². The summed E-state index contributed by atoms with van der Waals surface area (Å²) in [7, 11) is 11.7. The zero-order valence-corrected chi connectivity index (χ0v) is 19.7. The van der Waals surface area contributed by atoms with E-state index in [1.165, 1.54) is 50.0 Å². The minimum absolute atomic E-state index is 0. The van der Waals surface area contributed by atoms with Crippen molar-refractivity contribution in [3.05, 3.63) is 23.8 Å². The highest BCUT2D eigenvalue weighted by Crippen LogP contribution is 2.27. The van der Waals surface area contributed by atoms with Gasteiger partial charge < -0.3 is 44.4 Å². The third-order valence-corrected chi connectivity index (χ3v) is 5.83. The fourth-order valence-electron chi connectivity index (χ4n) is 3.87. The normalized spacial score (nSPS) is 17.4. The van der Waals surface area contributed by atoms with Gasteiger partial charge in [0.1, 0.15) is 6.04 Å². The van der Waals surface area contributed by atoms with E-state index in [9.17, 15) is 0 Å². The number of likely N-dealkylation sites (N-methyl/N-ethyl adjacent to an activating group) is 1. The van der Waals surface area contributed by atoms with Crippen molar-refractivity contribution in [2.75, 3.05) is 72.1 Å². The molecule has 0 aromatic heterocycles. The Hall–Kier alpha value is -0.680. The smallest absolute Gasteiger partial charge is 0.108 e. The Kier molecular flexibility index (Phi) is 10.5. The molecule has 4 nitrogen and oxygen atoms in total. The van der Waals surface area contributed by atoms with Crippen LogP contribution in [-0.4, -0.2) is 76.4 Å². The van der Waals surface area contributed by atoms with Gasteiger partial charge in [-0.3, -0.25) is 0 Å². The molecule has 1 fully saturated rings. The van der Waals surface area contributed by atoms with Crippen molar-refractivity contribution in [2.24, 2.45) is 0 Å². The van der Waals surface area contributed by atoms with E-state index in [0.717, 1.165) is 33.8 Å². The van der Waals surface area contributed by atoms with Crippen molar-refractivity contribution in [1.29, 1.82) is 0 Å². The number of unbranched alkanes of at least 4 members (excludes halogenated alkanes) is 2. The van der Waals surface area contributed by atoms with Gasteiger partial charge in [-0.15, -0.1) is 0 Å². The first kappa shape index (κ1) is 26.3. The van der Waals surface area contributed by atoms with E-state index in [1.54, 1.807) is 0 Å². The van der Waals surface area contributed by atoms with Gasteiger partial charge in [0.25, 0.3) is 0 Å². The van der Waals surface area contributed by atoms with Crippen molar-refractivity contribution in [1.82, 2.24) is 0 Å². The number of nitrogens with two attached hydrogens (primary N) is 1. The van der Waals surface area contributed by atoms with Crippen molar-refractivity contribution < 1.29 is 33.8 Å². The van der Waals surface area contributed by atoms with Crippen LogP contribution in [0.25, 0.3) is 0 Å². The number of nitrogen functional groups attached to an aromatic ring is 1. The quantitative estimate of drug-likeness (QED) is 0.279. The van der Waals surface area contributed by atoms with Crippen LogP contribution in [0.4, 0.5) is 11.4 Å². The zero-order valence-electron chi connectivity index (χ0n) is 18.1. The lowest BCUT2D eigenvalue weighted by Crippen LogP contribution is -3.00. The summed E-state index contributed by atoms with van der Waals surface area (Å²) in [5, 5.41) is 0. The molecule has 0 bridgehead atoms. The van der Waals surface area contributed by atoms with E-state index in [4.69, 9.17) is 5.73 Å². The van der Waals surface area contributed by atoms with Crippen LogP contribution < -0.4 is 35.4 Å². The van der Waals surface area contributed by atoms with Gasteiger partial charge in [0.15, 0.2) is 0 Å². The molecule has 0 aliphatic carbocycles. The van der Waals surface area contributed by atoms with Gasteiger partial charge in [-0.2, -0.15) is 0 Å². The molecule has 1 aliphatic heterocycles. The average Bonchev–Trinajstić information content (AvgIpc) is 2.99. The van der Waals surface area contributed by atoms with E-state index in [2.05, 4.69) is 59.2 Å². The van der Waals surface area contributed by atoms with Crippen molar-refractivity contribution in [3.8, 4) is 0 Å². The minimum atomic E-state index is 0. The van der Waals surface area contributed by atoms with Gasteiger partial charge in [-0.1, -0.05) is 0 Å². The molecule has 0 radical (unpaired) electrons. The summed E-state index contributed by atoms with van der Waals surface area (Å²) in [5.74, 6) is 0. The Morgan fingerprint density at radius 1 is 1.00 bits per heavy atom. The Bertz CT molecular complexity index is 570. The summed E-state index contributed by atoms with van der Waals surface area (Å²) in [6.07, 6.45) is 5.32. The molecule has 1 aromatic rings.